The molecule has 2 amide bonds. The number of benzene rings is 2. The Morgan fingerprint density at radius 3 is 2.83 bits per heavy atom. The standard InChI is InChI=1S/C19H19N3O6S2/c1-22(9-18(23)20-8-12-2-4-15-16(6-12)28-11-27-15)30(25,26)13-3-5-17-14(7-13)21-19(24)10-29-17/h2-7H,8-11H2,1H3,(H,20,23)(H,21,24). The van der Waals surface area contributed by atoms with Crippen LogP contribution in [0.1, 0.15) is 5.56 Å². The molecular weight excluding hydrogens is 430 g/mol. The van der Waals surface area contributed by atoms with Crippen molar-refractivity contribution in [2.45, 2.75) is 16.3 Å². The minimum Gasteiger partial charge on any atom is -0.454 e. The second-order valence-corrected chi connectivity index (χ2v) is 9.78. The average molecular weight is 450 g/mol. The fourth-order valence-corrected chi connectivity index (χ4v) is 4.94. The number of anilines is 1. The summed E-state index contributed by atoms with van der Waals surface area (Å²) < 4.78 is 37.2. The van der Waals surface area contributed by atoms with Gasteiger partial charge < -0.3 is 20.1 Å². The third kappa shape index (κ3) is 4.23. The van der Waals surface area contributed by atoms with Gasteiger partial charge >= 0.3 is 0 Å². The molecule has 0 aliphatic carbocycles. The van der Waals surface area contributed by atoms with Crippen molar-refractivity contribution in [3.05, 3.63) is 42.0 Å². The summed E-state index contributed by atoms with van der Waals surface area (Å²) in [5.74, 6) is 0.927. The van der Waals surface area contributed by atoms with Gasteiger partial charge in [-0.25, -0.2) is 8.42 Å². The third-order valence-corrected chi connectivity index (χ3v) is 7.46. The van der Waals surface area contributed by atoms with Crippen LogP contribution in [0, 0.1) is 0 Å². The van der Waals surface area contributed by atoms with Crippen LogP contribution < -0.4 is 20.1 Å². The van der Waals surface area contributed by atoms with Crippen molar-refractivity contribution in [3.63, 3.8) is 0 Å². The van der Waals surface area contributed by atoms with Crippen LogP contribution in [-0.4, -0.2) is 50.7 Å². The second kappa shape index (κ2) is 8.17. The zero-order valence-electron chi connectivity index (χ0n) is 16.0. The van der Waals surface area contributed by atoms with E-state index in [-0.39, 0.29) is 30.7 Å². The van der Waals surface area contributed by atoms with Crippen LogP contribution in [0.25, 0.3) is 0 Å². The molecule has 2 aromatic rings. The van der Waals surface area contributed by atoms with Gasteiger partial charge in [0.1, 0.15) is 0 Å². The Labute approximate surface area is 177 Å². The molecule has 0 aromatic heterocycles. The highest BCUT2D eigenvalue weighted by atomic mass is 32.2. The molecule has 0 spiro atoms. The van der Waals surface area contributed by atoms with Crippen LogP contribution in [0.2, 0.25) is 0 Å². The van der Waals surface area contributed by atoms with E-state index in [4.69, 9.17) is 9.47 Å². The summed E-state index contributed by atoms with van der Waals surface area (Å²) in [4.78, 5) is 24.7. The van der Waals surface area contributed by atoms with Crippen molar-refractivity contribution in [1.82, 2.24) is 9.62 Å². The lowest BCUT2D eigenvalue weighted by Crippen LogP contribution is -2.38. The number of carbonyl (C=O) groups is 2. The highest BCUT2D eigenvalue weighted by Gasteiger charge is 2.25. The van der Waals surface area contributed by atoms with E-state index >= 15 is 0 Å². The van der Waals surface area contributed by atoms with Crippen molar-refractivity contribution in [2.75, 3.05) is 31.5 Å². The molecule has 9 nitrogen and oxygen atoms in total. The predicted molar refractivity (Wildman–Crippen MR) is 110 cm³/mol. The molecule has 0 bridgehead atoms. The molecule has 30 heavy (non-hydrogen) atoms. The monoisotopic (exact) mass is 449 g/mol. The zero-order chi connectivity index (χ0) is 21.3. The number of nitrogens with zero attached hydrogens (tertiary/aromatic N) is 1. The van der Waals surface area contributed by atoms with Crippen LogP contribution >= 0.6 is 11.8 Å². The van der Waals surface area contributed by atoms with Crippen molar-refractivity contribution < 1.29 is 27.5 Å². The summed E-state index contributed by atoms with van der Waals surface area (Å²) in [6, 6.07) is 9.86. The molecule has 2 aliphatic rings. The van der Waals surface area contributed by atoms with Gasteiger partial charge in [-0.3, -0.25) is 9.59 Å². The smallest absolute Gasteiger partial charge is 0.243 e. The van der Waals surface area contributed by atoms with E-state index in [9.17, 15) is 18.0 Å². The first-order chi connectivity index (χ1) is 14.3. The van der Waals surface area contributed by atoms with Crippen LogP contribution in [0.3, 0.4) is 0 Å². The Kier molecular flexibility index (Phi) is 5.58. The van der Waals surface area contributed by atoms with Gasteiger partial charge in [0.25, 0.3) is 0 Å². The number of sulfonamides is 1. The van der Waals surface area contributed by atoms with Gasteiger partial charge in [0.15, 0.2) is 11.5 Å². The van der Waals surface area contributed by atoms with E-state index in [1.807, 2.05) is 0 Å². The molecule has 2 N–H and O–H groups in total. The first kappa shape index (κ1) is 20.5. The van der Waals surface area contributed by atoms with E-state index in [2.05, 4.69) is 10.6 Å². The molecule has 0 atom stereocenters. The number of thioether (sulfide) groups is 1. The van der Waals surface area contributed by atoms with Gasteiger partial charge in [-0.05, 0) is 35.9 Å². The fraction of sp³-hybridized carbons (Fsp3) is 0.263. The fourth-order valence-electron chi connectivity index (χ4n) is 3.00. The van der Waals surface area contributed by atoms with Crippen molar-refractivity contribution in [3.8, 4) is 11.5 Å². The van der Waals surface area contributed by atoms with Crippen molar-refractivity contribution >= 4 is 39.3 Å². The molecule has 0 radical (unpaired) electrons. The average Bonchev–Trinajstić information content (AvgIpc) is 3.19. The Morgan fingerprint density at radius 2 is 2.00 bits per heavy atom. The van der Waals surface area contributed by atoms with Crippen molar-refractivity contribution in [2.24, 2.45) is 0 Å². The van der Waals surface area contributed by atoms with Crippen LogP contribution in [-0.2, 0) is 26.2 Å². The summed E-state index contributed by atoms with van der Waals surface area (Å²) in [5.41, 5.74) is 1.26. The molecule has 4 rings (SSSR count). The summed E-state index contributed by atoms with van der Waals surface area (Å²) in [6.07, 6.45) is 0. The topological polar surface area (TPSA) is 114 Å². The van der Waals surface area contributed by atoms with E-state index in [1.165, 1.54) is 30.9 Å². The number of fused-ring (bicyclic) bond motifs is 2. The molecule has 0 unspecified atom stereocenters. The highest BCUT2D eigenvalue weighted by Crippen LogP contribution is 2.34. The molecule has 2 aromatic carbocycles. The normalized spacial score (nSPS) is 14.9. The van der Waals surface area contributed by atoms with E-state index in [0.717, 1.165) is 14.8 Å². The van der Waals surface area contributed by atoms with Crippen LogP contribution in [0.15, 0.2) is 46.2 Å². The maximum atomic E-state index is 12.8. The Hall–Kier alpha value is -2.76. The summed E-state index contributed by atoms with van der Waals surface area (Å²) in [7, 11) is -2.56. The summed E-state index contributed by atoms with van der Waals surface area (Å²) >= 11 is 1.35. The van der Waals surface area contributed by atoms with Crippen molar-refractivity contribution in [1.29, 1.82) is 0 Å². The first-order valence-corrected chi connectivity index (χ1v) is 11.4. The summed E-state index contributed by atoms with van der Waals surface area (Å²) in [6.45, 7) is 0.0510. The second-order valence-electron chi connectivity index (χ2n) is 6.72. The number of hydrogen-bond donors (Lipinski definition) is 2. The third-order valence-electron chi connectivity index (χ3n) is 4.58. The molecule has 0 fully saturated rings. The lowest BCUT2D eigenvalue weighted by atomic mass is 10.2. The molecule has 0 saturated heterocycles. The van der Waals surface area contributed by atoms with Gasteiger partial charge in [-0.15, -0.1) is 11.8 Å². The number of likely N-dealkylation sites (N-methyl/N-ethyl adjacent to an activating group) is 1. The number of carbonyl (C=O) groups excluding carboxylic acids is 2. The quantitative estimate of drug-likeness (QED) is 0.685. The van der Waals surface area contributed by atoms with E-state index < -0.39 is 15.9 Å². The maximum absolute atomic E-state index is 12.8. The number of hydrogen-bond acceptors (Lipinski definition) is 7. The lowest BCUT2D eigenvalue weighted by Gasteiger charge is -2.20. The predicted octanol–water partition coefficient (Wildman–Crippen LogP) is 1.40. The van der Waals surface area contributed by atoms with E-state index in [0.29, 0.717) is 22.9 Å². The Balaban J connectivity index is 1.38. The minimum atomic E-state index is -3.90. The Morgan fingerprint density at radius 1 is 1.20 bits per heavy atom. The number of nitrogens with one attached hydrogen (secondary N) is 2. The molecule has 158 valence electrons. The molecule has 11 heteroatoms. The van der Waals surface area contributed by atoms with Gasteiger partial charge in [-0.2, -0.15) is 4.31 Å². The van der Waals surface area contributed by atoms with Crippen LogP contribution in [0.4, 0.5) is 5.69 Å². The van der Waals surface area contributed by atoms with Gasteiger partial charge in [0, 0.05) is 18.5 Å². The zero-order valence-corrected chi connectivity index (χ0v) is 17.6. The summed E-state index contributed by atoms with van der Waals surface area (Å²) in [5, 5.41) is 5.37. The van der Waals surface area contributed by atoms with Gasteiger partial charge in [0.2, 0.25) is 28.6 Å². The Bertz CT molecular complexity index is 1120. The lowest BCUT2D eigenvalue weighted by molar-refractivity contribution is -0.121. The maximum Gasteiger partial charge on any atom is 0.243 e. The molecular formula is C19H19N3O6S2. The number of ether oxygens (including phenoxy) is 2. The molecule has 0 saturated carbocycles. The van der Waals surface area contributed by atoms with Crippen LogP contribution in [0.5, 0.6) is 11.5 Å². The number of amides is 2. The number of rotatable bonds is 6. The van der Waals surface area contributed by atoms with E-state index in [1.54, 1.807) is 24.3 Å². The minimum absolute atomic E-state index is 0.00937. The SMILES string of the molecule is CN(CC(=O)NCc1ccc2c(c1)OCO2)S(=O)(=O)c1ccc2c(c1)NC(=O)CS2. The van der Waals surface area contributed by atoms with Gasteiger partial charge in [0.05, 0.1) is 22.9 Å². The largest absolute Gasteiger partial charge is 0.454 e. The highest BCUT2D eigenvalue weighted by molar-refractivity contribution is 8.00. The molecule has 2 heterocycles. The molecule has 2 aliphatic heterocycles. The van der Waals surface area contributed by atoms with Gasteiger partial charge in [-0.1, -0.05) is 6.07 Å². The first-order valence-electron chi connectivity index (χ1n) is 9.01.